The van der Waals surface area contributed by atoms with Gasteiger partial charge in [0.2, 0.25) is 11.7 Å². The van der Waals surface area contributed by atoms with Crippen LogP contribution in [0.3, 0.4) is 0 Å². The van der Waals surface area contributed by atoms with Crippen LogP contribution >= 0.6 is 0 Å². The second kappa shape index (κ2) is 8.49. The molecule has 9 heteroatoms. The second-order valence-electron chi connectivity index (χ2n) is 6.86. The Morgan fingerprint density at radius 1 is 1.39 bits per heavy atom. The Hall–Kier alpha value is -2.78. The minimum atomic E-state index is -0.580. The number of rotatable bonds is 5. The first-order valence-electron chi connectivity index (χ1n) is 8.94. The lowest BCUT2D eigenvalue weighted by Crippen LogP contribution is -2.33. The molecule has 0 saturated carbocycles. The van der Waals surface area contributed by atoms with Crippen molar-refractivity contribution in [2.45, 2.75) is 25.6 Å². The number of benzene rings is 1. The molecule has 2 aromatic rings. The van der Waals surface area contributed by atoms with E-state index in [1.165, 1.54) is 16.7 Å². The second-order valence-corrected chi connectivity index (χ2v) is 6.86. The number of hydrogen-bond donors (Lipinski definition) is 2. The highest BCUT2D eigenvalue weighted by Gasteiger charge is 2.27. The van der Waals surface area contributed by atoms with E-state index in [9.17, 15) is 19.1 Å². The molecule has 0 radical (unpaired) electrons. The van der Waals surface area contributed by atoms with Crippen molar-refractivity contribution in [2.24, 2.45) is 0 Å². The topological polar surface area (TPSA) is 96.7 Å². The lowest BCUT2D eigenvalue weighted by Gasteiger charge is -2.23. The number of carbonyl (C=O) groups is 1. The van der Waals surface area contributed by atoms with E-state index < -0.39 is 17.2 Å². The summed E-state index contributed by atoms with van der Waals surface area (Å²) >= 11 is 0. The Kier molecular flexibility index (Phi) is 6.05. The van der Waals surface area contributed by atoms with Gasteiger partial charge in [-0.05, 0) is 31.8 Å². The number of nitrogens with zero attached hydrogens (tertiary/aromatic N) is 3. The summed E-state index contributed by atoms with van der Waals surface area (Å²) in [7, 11) is 3.69. The summed E-state index contributed by atoms with van der Waals surface area (Å²) in [4.78, 5) is 31.2. The summed E-state index contributed by atoms with van der Waals surface area (Å²) in [5, 5.41) is 12.9. The van der Waals surface area contributed by atoms with Crippen molar-refractivity contribution < 1.29 is 19.0 Å². The fourth-order valence-electron chi connectivity index (χ4n) is 3.02. The molecule has 0 spiro atoms. The van der Waals surface area contributed by atoms with E-state index in [4.69, 9.17) is 4.74 Å². The van der Waals surface area contributed by atoms with E-state index in [2.05, 4.69) is 10.3 Å². The number of amides is 1. The smallest absolute Gasteiger partial charge is 0.296 e. The molecule has 8 nitrogen and oxygen atoms in total. The number of hydrogen-bond acceptors (Lipinski definition) is 6. The third-order valence-corrected chi connectivity index (χ3v) is 4.63. The first-order chi connectivity index (χ1) is 13.4. The van der Waals surface area contributed by atoms with Gasteiger partial charge >= 0.3 is 0 Å². The zero-order valence-electron chi connectivity index (χ0n) is 15.8. The Bertz CT molecular complexity index is 911. The number of ether oxygens (including phenoxy) is 1. The van der Waals surface area contributed by atoms with Crippen LogP contribution in [0.5, 0.6) is 5.75 Å². The average molecular weight is 390 g/mol. The zero-order valence-corrected chi connectivity index (χ0v) is 15.8. The average Bonchev–Trinajstić information content (AvgIpc) is 2.88. The summed E-state index contributed by atoms with van der Waals surface area (Å²) in [5.41, 5.74) is 0.184. The number of halogens is 1. The van der Waals surface area contributed by atoms with Crippen molar-refractivity contribution in [1.29, 1.82) is 0 Å². The van der Waals surface area contributed by atoms with Crippen molar-refractivity contribution in [1.82, 2.24) is 19.8 Å². The molecule has 0 saturated heterocycles. The summed E-state index contributed by atoms with van der Waals surface area (Å²) in [5.74, 6) is -0.816. The lowest BCUT2D eigenvalue weighted by atomic mass is 10.2. The number of carbonyl (C=O) groups excluding carboxylic acids is 1. The maximum absolute atomic E-state index is 12.9. The van der Waals surface area contributed by atoms with Crippen LogP contribution < -0.4 is 10.9 Å². The molecule has 3 rings (SSSR count). The van der Waals surface area contributed by atoms with Gasteiger partial charge in [-0.15, -0.1) is 0 Å². The summed E-state index contributed by atoms with van der Waals surface area (Å²) in [6.07, 6.45) is -0.239. The van der Waals surface area contributed by atoms with Gasteiger partial charge in [-0.2, -0.15) is 0 Å². The minimum Gasteiger partial charge on any atom is -0.502 e. The van der Waals surface area contributed by atoms with Gasteiger partial charge in [-0.3, -0.25) is 19.1 Å². The van der Waals surface area contributed by atoms with Crippen LogP contribution in [0, 0.1) is 5.82 Å². The third kappa shape index (κ3) is 4.37. The van der Waals surface area contributed by atoms with Crippen LogP contribution in [0.4, 0.5) is 4.39 Å². The van der Waals surface area contributed by atoms with Gasteiger partial charge in [0.05, 0.1) is 37.9 Å². The first-order valence-corrected chi connectivity index (χ1v) is 8.94. The predicted octanol–water partition coefficient (Wildman–Crippen LogP) is 0.580. The largest absolute Gasteiger partial charge is 0.502 e. The Labute approximate surface area is 161 Å². The number of aromatic hydroxyl groups is 1. The van der Waals surface area contributed by atoms with E-state index in [-0.39, 0.29) is 37.1 Å². The van der Waals surface area contributed by atoms with Crippen LogP contribution in [0.15, 0.2) is 29.1 Å². The van der Waals surface area contributed by atoms with Crippen molar-refractivity contribution in [3.05, 3.63) is 57.5 Å². The van der Waals surface area contributed by atoms with Crippen molar-refractivity contribution >= 4 is 5.91 Å². The molecular formula is C19H23FN4O4. The van der Waals surface area contributed by atoms with Gasteiger partial charge < -0.3 is 15.2 Å². The van der Waals surface area contributed by atoms with Crippen LogP contribution in [0.2, 0.25) is 0 Å². The molecule has 0 aliphatic carbocycles. The van der Waals surface area contributed by atoms with Crippen LogP contribution in [0.25, 0.3) is 0 Å². The Balaban J connectivity index is 1.80. The van der Waals surface area contributed by atoms with E-state index in [0.717, 1.165) is 5.56 Å². The quantitative estimate of drug-likeness (QED) is 0.775. The van der Waals surface area contributed by atoms with Crippen LogP contribution in [-0.4, -0.2) is 52.8 Å². The molecule has 1 aliphatic rings. The highest BCUT2D eigenvalue weighted by Crippen LogP contribution is 2.21. The Morgan fingerprint density at radius 2 is 2.11 bits per heavy atom. The predicted molar refractivity (Wildman–Crippen MR) is 99.4 cm³/mol. The standard InChI is InChI=1S/C19H23FN4O4/c1-23(2)15-11-28-8-7-24-18(15)22-14(17(26)19(24)27)9-16(25)21-10-12-3-5-13(20)6-4-12/h3-6,15,26H,7-11H2,1-2H3,(H,21,25). The van der Waals surface area contributed by atoms with Gasteiger partial charge in [0.1, 0.15) is 11.6 Å². The molecule has 1 aliphatic heterocycles. The Morgan fingerprint density at radius 3 is 2.79 bits per heavy atom. The SMILES string of the molecule is CN(C)C1COCCn2c1nc(CC(=O)NCc1ccc(F)cc1)c(O)c2=O. The highest BCUT2D eigenvalue weighted by molar-refractivity contribution is 5.78. The molecule has 2 heterocycles. The molecule has 0 bridgehead atoms. The van der Waals surface area contributed by atoms with Gasteiger partial charge in [-0.1, -0.05) is 12.1 Å². The van der Waals surface area contributed by atoms with Crippen molar-refractivity contribution in [3.8, 4) is 5.75 Å². The monoisotopic (exact) mass is 390 g/mol. The molecule has 1 aromatic heterocycles. The van der Waals surface area contributed by atoms with Gasteiger partial charge in [0.15, 0.2) is 0 Å². The van der Waals surface area contributed by atoms with E-state index in [1.807, 2.05) is 19.0 Å². The van der Waals surface area contributed by atoms with E-state index in [1.54, 1.807) is 12.1 Å². The summed E-state index contributed by atoms with van der Waals surface area (Å²) in [6, 6.07) is 5.50. The molecule has 0 fully saturated rings. The maximum Gasteiger partial charge on any atom is 0.296 e. The zero-order chi connectivity index (χ0) is 20.3. The fraction of sp³-hybridized carbons (Fsp3) is 0.421. The van der Waals surface area contributed by atoms with E-state index in [0.29, 0.717) is 19.0 Å². The molecule has 1 amide bonds. The summed E-state index contributed by atoms with van der Waals surface area (Å²) < 4.78 is 19.9. The molecule has 1 aromatic carbocycles. The highest BCUT2D eigenvalue weighted by atomic mass is 19.1. The van der Waals surface area contributed by atoms with Crippen molar-refractivity contribution in [3.63, 3.8) is 0 Å². The molecule has 1 atom stereocenters. The first kappa shape index (κ1) is 20.0. The lowest BCUT2D eigenvalue weighted by molar-refractivity contribution is -0.120. The van der Waals surface area contributed by atoms with Gasteiger partial charge in [-0.25, -0.2) is 9.37 Å². The molecular weight excluding hydrogens is 367 g/mol. The molecule has 28 heavy (non-hydrogen) atoms. The summed E-state index contributed by atoms with van der Waals surface area (Å²) in [6.45, 7) is 1.20. The van der Waals surface area contributed by atoms with Crippen molar-refractivity contribution in [2.75, 3.05) is 27.3 Å². The normalized spacial score (nSPS) is 16.5. The number of fused-ring (bicyclic) bond motifs is 1. The van der Waals surface area contributed by atoms with Crippen LogP contribution in [0.1, 0.15) is 23.1 Å². The fourth-order valence-corrected chi connectivity index (χ4v) is 3.02. The van der Waals surface area contributed by atoms with Gasteiger partial charge in [0.25, 0.3) is 5.56 Å². The number of aromatic nitrogens is 2. The maximum atomic E-state index is 12.9. The van der Waals surface area contributed by atoms with Crippen LogP contribution in [-0.2, 0) is 29.0 Å². The van der Waals surface area contributed by atoms with Gasteiger partial charge in [0, 0.05) is 6.54 Å². The number of nitrogens with one attached hydrogen (secondary N) is 1. The minimum absolute atomic E-state index is 0.0293. The molecule has 2 N–H and O–H groups in total. The molecule has 150 valence electrons. The van der Waals surface area contributed by atoms with E-state index >= 15 is 0 Å². The molecule has 1 unspecified atom stereocenters. The third-order valence-electron chi connectivity index (χ3n) is 4.63. The number of likely N-dealkylation sites (N-methyl/N-ethyl adjacent to an activating group) is 1.